The SMILES string of the molecule is CCC(C)C(=O)O[C@H]1[C@@H]2[C@H](C)C(=O)O[C@@H]2C[C@@H](C)C2[C@@H](O)CC(=O)[C@]21C. The van der Waals surface area contributed by atoms with E-state index in [9.17, 15) is 19.5 Å². The smallest absolute Gasteiger partial charge is 0.309 e. The van der Waals surface area contributed by atoms with Crippen LogP contribution in [0.2, 0.25) is 0 Å². The first kappa shape index (κ1) is 19.3. The lowest BCUT2D eigenvalue weighted by atomic mass is 9.66. The van der Waals surface area contributed by atoms with Gasteiger partial charge in [0.05, 0.1) is 23.4 Å². The van der Waals surface area contributed by atoms with Gasteiger partial charge in [0, 0.05) is 18.3 Å². The summed E-state index contributed by atoms with van der Waals surface area (Å²) in [5.74, 6) is -2.15. The second-order valence-electron chi connectivity index (χ2n) is 8.72. The van der Waals surface area contributed by atoms with Gasteiger partial charge in [-0.2, -0.15) is 0 Å². The number of ether oxygens (including phenoxy) is 2. The Morgan fingerprint density at radius 1 is 1.38 bits per heavy atom. The lowest BCUT2D eigenvalue weighted by molar-refractivity contribution is -0.173. The van der Waals surface area contributed by atoms with Gasteiger partial charge in [-0.05, 0) is 25.7 Å². The topological polar surface area (TPSA) is 89.9 Å². The quantitative estimate of drug-likeness (QED) is 0.770. The fraction of sp³-hybridized carbons (Fsp3) is 0.850. The summed E-state index contributed by atoms with van der Waals surface area (Å²) in [7, 11) is 0. The van der Waals surface area contributed by atoms with Gasteiger partial charge in [0.15, 0.2) is 0 Å². The molecule has 1 heterocycles. The largest absolute Gasteiger partial charge is 0.462 e. The van der Waals surface area contributed by atoms with Crippen molar-refractivity contribution in [2.45, 2.75) is 72.2 Å². The number of hydrogen-bond acceptors (Lipinski definition) is 6. The zero-order chi connectivity index (χ0) is 19.4. The molecule has 3 aliphatic rings. The van der Waals surface area contributed by atoms with Crippen molar-refractivity contribution in [2.24, 2.45) is 35.0 Å². The molecule has 146 valence electrons. The number of aliphatic hydroxyl groups excluding tert-OH is 1. The minimum absolute atomic E-state index is 0.0145. The molecule has 2 saturated carbocycles. The molecule has 2 unspecified atom stereocenters. The van der Waals surface area contributed by atoms with E-state index in [1.807, 2.05) is 13.8 Å². The maximum atomic E-state index is 13.0. The number of carbonyl (C=O) groups excluding carboxylic acids is 3. The van der Waals surface area contributed by atoms with Gasteiger partial charge in [0.2, 0.25) is 0 Å². The lowest BCUT2D eigenvalue weighted by Crippen LogP contribution is -2.51. The molecule has 3 rings (SSSR count). The van der Waals surface area contributed by atoms with Crippen molar-refractivity contribution >= 4 is 17.7 Å². The van der Waals surface area contributed by atoms with Crippen LogP contribution in [0.25, 0.3) is 0 Å². The summed E-state index contributed by atoms with van der Waals surface area (Å²) in [6.45, 7) is 9.27. The Kier molecular flexibility index (Phi) is 4.93. The molecule has 9 atom stereocenters. The van der Waals surface area contributed by atoms with Gasteiger partial charge in [-0.25, -0.2) is 0 Å². The molecule has 0 spiro atoms. The van der Waals surface area contributed by atoms with E-state index < -0.39 is 23.5 Å². The van der Waals surface area contributed by atoms with Crippen LogP contribution >= 0.6 is 0 Å². The first-order valence-electron chi connectivity index (χ1n) is 9.75. The molecule has 0 radical (unpaired) electrons. The Morgan fingerprint density at radius 2 is 2.04 bits per heavy atom. The first-order valence-corrected chi connectivity index (χ1v) is 9.75. The van der Waals surface area contributed by atoms with Gasteiger partial charge >= 0.3 is 11.9 Å². The highest BCUT2D eigenvalue weighted by Gasteiger charge is 2.66. The summed E-state index contributed by atoms with van der Waals surface area (Å²) >= 11 is 0. The zero-order valence-corrected chi connectivity index (χ0v) is 16.2. The van der Waals surface area contributed by atoms with E-state index in [1.54, 1.807) is 20.8 Å². The second kappa shape index (κ2) is 6.63. The third-order valence-corrected chi connectivity index (χ3v) is 7.16. The average molecular weight is 366 g/mol. The summed E-state index contributed by atoms with van der Waals surface area (Å²) in [6, 6.07) is 0. The molecule has 0 bridgehead atoms. The molecule has 0 amide bonds. The minimum atomic E-state index is -0.996. The van der Waals surface area contributed by atoms with E-state index in [2.05, 4.69) is 0 Å². The van der Waals surface area contributed by atoms with E-state index >= 15 is 0 Å². The molecule has 6 nitrogen and oxygen atoms in total. The van der Waals surface area contributed by atoms with Gasteiger partial charge < -0.3 is 14.6 Å². The van der Waals surface area contributed by atoms with Crippen LogP contribution in [0.5, 0.6) is 0 Å². The summed E-state index contributed by atoms with van der Waals surface area (Å²) in [6.07, 6.45) is -0.610. The van der Waals surface area contributed by atoms with Crippen LogP contribution in [0.1, 0.15) is 53.9 Å². The number of aliphatic hydroxyl groups is 1. The predicted molar refractivity (Wildman–Crippen MR) is 92.9 cm³/mol. The molecule has 0 aromatic heterocycles. The third kappa shape index (κ3) is 2.68. The number of esters is 2. The molecule has 1 aliphatic heterocycles. The van der Waals surface area contributed by atoms with Crippen molar-refractivity contribution in [3.63, 3.8) is 0 Å². The summed E-state index contributed by atoms with van der Waals surface area (Å²) in [5.41, 5.74) is -0.996. The van der Waals surface area contributed by atoms with E-state index in [1.165, 1.54) is 0 Å². The minimum Gasteiger partial charge on any atom is -0.462 e. The van der Waals surface area contributed by atoms with Gasteiger partial charge in [-0.1, -0.05) is 27.7 Å². The molecular formula is C20H30O6. The molecule has 1 saturated heterocycles. The predicted octanol–water partition coefficient (Wildman–Crippen LogP) is 2.12. The molecule has 0 aromatic rings. The monoisotopic (exact) mass is 366 g/mol. The lowest BCUT2D eigenvalue weighted by Gasteiger charge is -2.41. The van der Waals surface area contributed by atoms with Crippen molar-refractivity contribution in [2.75, 3.05) is 0 Å². The van der Waals surface area contributed by atoms with Crippen LogP contribution in [0.4, 0.5) is 0 Å². The normalized spacial score (nSPS) is 46.2. The maximum absolute atomic E-state index is 13.0. The van der Waals surface area contributed by atoms with Crippen LogP contribution in [-0.4, -0.2) is 41.1 Å². The van der Waals surface area contributed by atoms with Crippen molar-refractivity contribution < 1.29 is 29.0 Å². The Morgan fingerprint density at radius 3 is 2.65 bits per heavy atom. The zero-order valence-electron chi connectivity index (χ0n) is 16.2. The van der Waals surface area contributed by atoms with E-state index in [-0.39, 0.29) is 53.9 Å². The summed E-state index contributed by atoms with van der Waals surface area (Å²) in [4.78, 5) is 37.8. The number of fused-ring (bicyclic) bond motifs is 2. The molecule has 0 aromatic carbocycles. The summed E-state index contributed by atoms with van der Waals surface area (Å²) in [5, 5.41) is 10.6. The Labute approximate surface area is 154 Å². The Balaban J connectivity index is 2.07. The summed E-state index contributed by atoms with van der Waals surface area (Å²) < 4.78 is 11.5. The van der Waals surface area contributed by atoms with E-state index in [0.717, 1.165) is 0 Å². The van der Waals surface area contributed by atoms with Gasteiger partial charge in [0.1, 0.15) is 18.0 Å². The van der Waals surface area contributed by atoms with Crippen molar-refractivity contribution in [1.82, 2.24) is 0 Å². The van der Waals surface area contributed by atoms with E-state index in [0.29, 0.717) is 12.8 Å². The highest BCUT2D eigenvalue weighted by Crippen LogP contribution is 2.56. The Bertz CT molecular complexity index is 615. The van der Waals surface area contributed by atoms with Crippen molar-refractivity contribution in [3.05, 3.63) is 0 Å². The number of rotatable bonds is 3. The fourth-order valence-electron chi connectivity index (χ4n) is 5.44. The van der Waals surface area contributed by atoms with Crippen LogP contribution in [0, 0.1) is 35.0 Å². The molecule has 2 aliphatic carbocycles. The molecule has 1 N–H and O–H groups in total. The van der Waals surface area contributed by atoms with Crippen LogP contribution in [-0.2, 0) is 23.9 Å². The van der Waals surface area contributed by atoms with Gasteiger partial charge in [-0.3, -0.25) is 14.4 Å². The number of ketones is 1. The van der Waals surface area contributed by atoms with Gasteiger partial charge in [-0.15, -0.1) is 0 Å². The van der Waals surface area contributed by atoms with E-state index in [4.69, 9.17) is 9.47 Å². The highest BCUT2D eigenvalue weighted by atomic mass is 16.6. The van der Waals surface area contributed by atoms with Crippen molar-refractivity contribution in [1.29, 1.82) is 0 Å². The molecular weight excluding hydrogens is 336 g/mol. The van der Waals surface area contributed by atoms with Crippen molar-refractivity contribution in [3.8, 4) is 0 Å². The Hall–Kier alpha value is -1.43. The maximum Gasteiger partial charge on any atom is 0.309 e. The van der Waals surface area contributed by atoms with Crippen LogP contribution < -0.4 is 0 Å². The van der Waals surface area contributed by atoms with Crippen LogP contribution in [0.3, 0.4) is 0 Å². The first-order chi connectivity index (χ1) is 12.1. The number of carbonyl (C=O) groups is 3. The average Bonchev–Trinajstić information content (AvgIpc) is 2.94. The third-order valence-electron chi connectivity index (χ3n) is 7.16. The molecule has 3 fully saturated rings. The standard InChI is InChI=1S/C20H30O6/c1-6-9(2)18(23)26-17-15-11(4)19(24)25-13(15)7-10(3)16-12(21)8-14(22)20(16,17)5/h9-13,15-17,21H,6-8H2,1-5H3/t9?,10-,11+,12+,13-,15-,16?,17+,20-/m1/s1. The van der Waals surface area contributed by atoms with Crippen LogP contribution in [0.15, 0.2) is 0 Å². The second-order valence-corrected chi connectivity index (χ2v) is 8.72. The fourth-order valence-corrected chi connectivity index (χ4v) is 5.44. The number of hydrogen-bond donors (Lipinski definition) is 1. The number of Topliss-reactive ketones (excluding diaryl/α,β-unsaturated/α-hetero) is 1. The highest BCUT2D eigenvalue weighted by molar-refractivity contribution is 5.89. The van der Waals surface area contributed by atoms with Gasteiger partial charge in [0.25, 0.3) is 0 Å². The molecule has 26 heavy (non-hydrogen) atoms. The molecule has 6 heteroatoms.